The largest absolute Gasteiger partial charge is 0.357 e. The van der Waals surface area contributed by atoms with Gasteiger partial charge in [-0.25, -0.2) is 0 Å². The van der Waals surface area contributed by atoms with Crippen LogP contribution >= 0.6 is 0 Å². The minimum absolute atomic E-state index is 0.267. The molecule has 1 aliphatic rings. The van der Waals surface area contributed by atoms with Crippen LogP contribution in [0.3, 0.4) is 0 Å². The Morgan fingerprint density at radius 1 is 1.17 bits per heavy atom. The summed E-state index contributed by atoms with van der Waals surface area (Å²) in [6, 6.07) is 0.400. The van der Waals surface area contributed by atoms with E-state index in [4.69, 9.17) is 0 Å². The molecule has 1 unspecified atom stereocenters. The third-order valence-corrected chi connectivity index (χ3v) is 4.38. The third-order valence-electron chi connectivity index (χ3n) is 4.38. The van der Waals surface area contributed by atoms with E-state index in [9.17, 15) is 4.79 Å². The molecule has 23 heavy (non-hydrogen) atoms. The van der Waals surface area contributed by atoms with Crippen LogP contribution in [0.2, 0.25) is 0 Å². The Balaban J connectivity index is 2.28. The van der Waals surface area contributed by atoms with Crippen molar-refractivity contribution in [1.82, 2.24) is 15.5 Å². The van der Waals surface area contributed by atoms with Gasteiger partial charge in [0, 0.05) is 38.6 Å². The van der Waals surface area contributed by atoms with Crippen molar-refractivity contribution in [2.24, 2.45) is 4.99 Å². The normalized spacial score (nSPS) is 18.8. The average molecular weight is 325 g/mol. The van der Waals surface area contributed by atoms with Crippen molar-refractivity contribution >= 4 is 11.9 Å². The van der Waals surface area contributed by atoms with Crippen molar-refractivity contribution in [2.45, 2.75) is 78.2 Å². The van der Waals surface area contributed by atoms with Crippen LogP contribution in [-0.4, -0.2) is 49.0 Å². The van der Waals surface area contributed by atoms with Gasteiger partial charge in [0.05, 0.1) is 0 Å². The third kappa shape index (κ3) is 8.24. The first-order valence-electron chi connectivity index (χ1n) is 9.50. The highest BCUT2D eigenvalue weighted by Gasteiger charge is 2.22. The fourth-order valence-electron chi connectivity index (χ4n) is 2.97. The standard InChI is InChI=1S/C18H36N4O/c1-4-6-7-9-13-20-18(19-5-2)21-14-12-17(23)22-15-10-8-11-16(22)3/h16H,4-15H2,1-3H3,(H2,19,20,21). The number of rotatable bonds is 9. The molecule has 1 amide bonds. The minimum atomic E-state index is 0.267. The van der Waals surface area contributed by atoms with E-state index in [0.29, 0.717) is 19.0 Å². The number of amides is 1. The summed E-state index contributed by atoms with van der Waals surface area (Å²) in [5.41, 5.74) is 0. The van der Waals surface area contributed by atoms with E-state index >= 15 is 0 Å². The van der Waals surface area contributed by atoms with Gasteiger partial charge < -0.3 is 15.5 Å². The Morgan fingerprint density at radius 2 is 2.00 bits per heavy atom. The van der Waals surface area contributed by atoms with Crippen LogP contribution in [-0.2, 0) is 4.79 Å². The Morgan fingerprint density at radius 3 is 2.70 bits per heavy atom. The number of guanidine groups is 1. The molecule has 1 atom stereocenters. The molecule has 5 heteroatoms. The number of likely N-dealkylation sites (tertiary alicyclic amines) is 1. The molecule has 1 heterocycles. The zero-order chi connectivity index (χ0) is 16.9. The van der Waals surface area contributed by atoms with Gasteiger partial charge in [0.2, 0.25) is 5.91 Å². The lowest BCUT2D eigenvalue weighted by Gasteiger charge is -2.33. The number of hydrogen-bond acceptors (Lipinski definition) is 2. The van der Waals surface area contributed by atoms with E-state index in [1.54, 1.807) is 0 Å². The second-order valence-corrected chi connectivity index (χ2v) is 6.43. The quantitative estimate of drug-likeness (QED) is 0.389. The van der Waals surface area contributed by atoms with Crippen LogP contribution in [0.5, 0.6) is 0 Å². The highest BCUT2D eigenvalue weighted by atomic mass is 16.2. The zero-order valence-corrected chi connectivity index (χ0v) is 15.4. The molecular weight excluding hydrogens is 288 g/mol. The molecule has 134 valence electrons. The topological polar surface area (TPSA) is 56.7 Å². The highest BCUT2D eigenvalue weighted by molar-refractivity contribution is 5.81. The number of carbonyl (C=O) groups is 1. The summed E-state index contributed by atoms with van der Waals surface area (Å²) in [4.78, 5) is 18.9. The lowest BCUT2D eigenvalue weighted by Crippen LogP contribution is -2.44. The first-order valence-corrected chi connectivity index (χ1v) is 9.50. The molecule has 1 aliphatic heterocycles. The van der Waals surface area contributed by atoms with Gasteiger partial charge >= 0.3 is 0 Å². The maximum atomic E-state index is 12.3. The Kier molecular flexibility index (Phi) is 10.5. The number of unbranched alkanes of at least 4 members (excludes halogenated alkanes) is 3. The second kappa shape index (κ2) is 12.2. The molecule has 0 radical (unpaired) electrons. The van der Waals surface area contributed by atoms with Crippen LogP contribution in [0.15, 0.2) is 4.99 Å². The minimum Gasteiger partial charge on any atom is -0.357 e. The summed E-state index contributed by atoms with van der Waals surface area (Å²) in [6.45, 7) is 9.72. The number of piperidine rings is 1. The number of nitrogens with one attached hydrogen (secondary N) is 2. The molecule has 0 aliphatic carbocycles. The van der Waals surface area contributed by atoms with E-state index in [0.717, 1.165) is 44.9 Å². The molecule has 0 spiro atoms. The predicted octanol–water partition coefficient (Wildman–Crippen LogP) is 2.91. The van der Waals surface area contributed by atoms with Gasteiger partial charge in [-0.1, -0.05) is 26.2 Å². The van der Waals surface area contributed by atoms with Crippen LogP contribution in [0.1, 0.15) is 72.1 Å². The molecular formula is C18H36N4O. The lowest BCUT2D eigenvalue weighted by atomic mass is 10.0. The van der Waals surface area contributed by atoms with Gasteiger partial charge in [0.1, 0.15) is 0 Å². The monoisotopic (exact) mass is 324 g/mol. The van der Waals surface area contributed by atoms with Gasteiger partial charge in [-0.05, 0) is 39.5 Å². The molecule has 1 fully saturated rings. The van der Waals surface area contributed by atoms with Gasteiger partial charge in [-0.2, -0.15) is 0 Å². The Labute approximate surface area is 142 Å². The first-order chi connectivity index (χ1) is 11.2. The van der Waals surface area contributed by atoms with E-state index < -0.39 is 0 Å². The van der Waals surface area contributed by atoms with E-state index in [2.05, 4.69) is 36.4 Å². The summed E-state index contributed by atoms with van der Waals surface area (Å²) >= 11 is 0. The van der Waals surface area contributed by atoms with Gasteiger partial charge in [-0.3, -0.25) is 9.79 Å². The number of nitrogens with zero attached hydrogens (tertiary/aromatic N) is 2. The number of carbonyl (C=O) groups excluding carboxylic acids is 1. The number of aliphatic imine (C=N–C) groups is 1. The maximum absolute atomic E-state index is 12.3. The first kappa shape index (κ1) is 19.8. The Hall–Kier alpha value is -1.26. The number of hydrogen-bond donors (Lipinski definition) is 2. The second-order valence-electron chi connectivity index (χ2n) is 6.43. The molecule has 2 N–H and O–H groups in total. The lowest BCUT2D eigenvalue weighted by molar-refractivity contribution is -0.134. The Bertz CT molecular complexity index is 357. The molecule has 1 saturated heterocycles. The molecule has 1 rings (SSSR count). The van der Waals surface area contributed by atoms with E-state index in [1.165, 1.54) is 25.7 Å². The molecule has 5 nitrogen and oxygen atoms in total. The summed E-state index contributed by atoms with van der Waals surface area (Å²) in [6.07, 6.45) is 8.98. The average Bonchev–Trinajstić information content (AvgIpc) is 2.55. The predicted molar refractivity (Wildman–Crippen MR) is 97.8 cm³/mol. The molecule has 0 bridgehead atoms. The maximum Gasteiger partial charge on any atom is 0.224 e. The zero-order valence-electron chi connectivity index (χ0n) is 15.4. The van der Waals surface area contributed by atoms with Crippen LogP contribution in [0.25, 0.3) is 0 Å². The fraction of sp³-hybridized carbons (Fsp3) is 0.889. The van der Waals surface area contributed by atoms with E-state index in [1.807, 2.05) is 4.90 Å². The van der Waals surface area contributed by atoms with Crippen LogP contribution < -0.4 is 10.6 Å². The van der Waals surface area contributed by atoms with Crippen molar-refractivity contribution in [1.29, 1.82) is 0 Å². The van der Waals surface area contributed by atoms with Crippen molar-refractivity contribution < 1.29 is 4.79 Å². The molecule has 0 aromatic carbocycles. The van der Waals surface area contributed by atoms with Crippen molar-refractivity contribution in [2.75, 3.05) is 26.2 Å². The smallest absolute Gasteiger partial charge is 0.224 e. The van der Waals surface area contributed by atoms with Crippen LogP contribution in [0.4, 0.5) is 0 Å². The van der Waals surface area contributed by atoms with Crippen molar-refractivity contribution in [3.8, 4) is 0 Å². The molecule has 0 aromatic heterocycles. The van der Waals surface area contributed by atoms with Crippen molar-refractivity contribution in [3.05, 3.63) is 0 Å². The van der Waals surface area contributed by atoms with Crippen LogP contribution in [0, 0.1) is 0 Å². The molecule has 0 aromatic rings. The summed E-state index contributed by atoms with van der Waals surface area (Å²) in [5, 5.41) is 6.54. The SMILES string of the molecule is CCCCCCN=C(NCC)NCCC(=O)N1CCCCC1C. The van der Waals surface area contributed by atoms with Gasteiger partial charge in [0.15, 0.2) is 5.96 Å². The van der Waals surface area contributed by atoms with Gasteiger partial charge in [-0.15, -0.1) is 0 Å². The summed E-state index contributed by atoms with van der Waals surface area (Å²) in [5.74, 6) is 1.10. The fourth-order valence-corrected chi connectivity index (χ4v) is 2.97. The van der Waals surface area contributed by atoms with Crippen molar-refractivity contribution in [3.63, 3.8) is 0 Å². The van der Waals surface area contributed by atoms with E-state index in [-0.39, 0.29) is 5.91 Å². The molecule has 0 saturated carbocycles. The summed E-state index contributed by atoms with van der Waals surface area (Å²) in [7, 11) is 0. The van der Waals surface area contributed by atoms with Gasteiger partial charge in [0.25, 0.3) is 0 Å². The highest BCUT2D eigenvalue weighted by Crippen LogP contribution is 2.16. The summed E-state index contributed by atoms with van der Waals surface area (Å²) < 4.78 is 0.